The maximum atomic E-state index is 13.7. The summed E-state index contributed by atoms with van der Waals surface area (Å²) in [7, 11) is 1.51. The molecular weight excluding hydrogens is 768 g/mol. The van der Waals surface area contributed by atoms with Gasteiger partial charge in [-0.25, -0.2) is 4.98 Å². The number of rotatable bonds is 11. The second kappa shape index (κ2) is 16.4. The normalized spacial score (nSPS) is 19.9. The van der Waals surface area contributed by atoms with E-state index in [0.29, 0.717) is 35.6 Å². The van der Waals surface area contributed by atoms with E-state index in [2.05, 4.69) is 20.9 Å². The summed E-state index contributed by atoms with van der Waals surface area (Å²) in [6.45, 7) is 1.23. The van der Waals surface area contributed by atoms with Crippen molar-refractivity contribution in [3.05, 3.63) is 75.2 Å². The van der Waals surface area contributed by atoms with Gasteiger partial charge in [0.25, 0.3) is 23.3 Å². The molecule has 16 nitrogen and oxygen atoms in total. The van der Waals surface area contributed by atoms with Crippen molar-refractivity contribution in [1.82, 2.24) is 30.1 Å². The van der Waals surface area contributed by atoms with Crippen molar-refractivity contribution in [3.8, 4) is 11.5 Å². The van der Waals surface area contributed by atoms with Gasteiger partial charge in [-0.1, -0.05) is 36.9 Å². The minimum absolute atomic E-state index is 0.0271. The van der Waals surface area contributed by atoms with Gasteiger partial charge in [0, 0.05) is 49.6 Å². The average molecular weight is 811 g/mol. The summed E-state index contributed by atoms with van der Waals surface area (Å²) in [5.74, 6) is -1.40. The number of ether oxygens (including phenoxy) is 2. The van der Waals surface area contributed by atoms with E-state index < -0.39 is 29.7 Å². The zero-order valence-electron chi connectivity index (χ0n) is 31.9. The number of carbonyl (C=O) groups excluding carboxylic acids is 5. The molecule has 0 bridgehead atoms. The number of nitrogens with zero attached hydrogens (tertiary/aromatic N) is 5. The predicted octanol–water partition coefficient (Wildman–Crippen LogP) is 4.52. The number of aromatic nitrogens is 3. The third kappa shape index (κ3) is 7.67. The van der Waals surface area contributed by atoms with Crippen molar-refractivity contribution >= 4 is 69.5 Å². The number of hydrogen-bond donors (Lipinski definition) is 3. The molecule has 3 aliphatic heterocycles. The number of hydrogen-bond acceptors (Lipinski definition) is 12. The van der Waals surface area contributed by atoms with Crippen LogP contribution in [0, 0.1) is 5.92 Å². The number of likely N-dealkylation sites (N-methyl/N-ethyl adjacent to an activating group) is 1. The number of pyridine rings is 1. The van der Waals surface area contributed by atoms with Gasteiger partial charge in [0.05, 0.1) is 29.4 Å². The lowest BCUT2D eigenvalue weighted by Gasteiger charge is -2.33. The fourth-order valence-electron chi connectivity index (χ4n) is 8.35. The SMILES string of the molecule is CNC(=O)COc1cc2cc(Nc3nc(N4CCC[C@H](COc5cccc6c5C(=O)N(C5CCC(=O)NC5=O)C6=O)C4)ncc3Cl)ccc2n(C2CCCCC2)c1=O. The quantitative estimate of drug-likeness (QED) is 0.180. The van der Waals surface area contributed by atoms with Gasteiger partial charge in [-0.3, -0.25) is 39.0 Å². The summed E-state index contributed by atoms with van der Waals surface area (Å²) < 4.78 is 13.8. The Kier molecular flexibility index (Phi) is 11.0. The summed E-state index contributed by atoms with van der Waals surface area (Å²) in [6.07, 6.45) is 8.29. The highest BCUT2D eigenvalue weighted by molar-refractivity contribution is 6.33. The molecule has 2 saturated heterocycles. The number of fused-ring (bicyclic) bond motifs is 2. The monoisotopic (exact) mass is 810 g/mol. The highest BCUT2D eigenvalue weighted by Gasteiger charge is 2.46. The van der Waals surface area contributed by atoms with Crippen LogP contribution in [0.15, 0.2) is 53.5 Å². The van der Waals surface area contributed by atoms with Crippen molar-refractivity contribution in [1.29, 1.82) is 0 Å². The van der Waals surface area contributed by atoms with Crippen molar-refractivity contribution in [2.45, 2.75) is 69.9 Å². The van der Waals surface area contributed by atoms with E-state index in [1.54, 1.807) is 24.4 Å². The molecule has 5 heterocycles. The van der Waals surface area contributed by atoms with Crippen molar-refractivity contribution < 1.29 is 33.4 Å². The molecule has 2 atom stereocenters. The van der Waals surface area contributed by atoms with Crippen LogP contribution in [0.5, 0.6) is 11.5 Å². The minimum atomic E-state index is -1.07. The maximum absolute atomic E-state index is 13.7. The van der Waals surface area contributed by atoms with Gasteiger partial charge in [-0.05, 0) is 68.5 Å². The molecule has 1 saturated carbocycles. The number of imide groups is 2. The van der Waals surface area contributed by atoms with Crippen LogP contribution < -0.4 is 35.9 Å². The maximum Gasteiger partial charge on any atom is 0.293 e. The van der Waals surface area contributed by atoms with E-state index in [0.717, 1.165) is 60.7 Å². The van der Waals surface area contributed by atoms with Gasteiger partial charge in [-0.15, -0.1) is 0 Å². The van der Waals surface area contributed by atoms with Crippen LogP contribution in [-0.4, -0.2) is 88.4 Å². The van der Waals surface area contributed by atoms with E-state index in [1.807, 2.05) is 27.7 Å². The Labute approximate surface area is 338 Å². The lowest BCUT2D eigenvalue weighted by molar-refractivity contribution is -0.136. The Balaban J connectivity index is 0.974. The van der Waals surface area contributed by atoms with Gasteiger partial charge in [-0.2, -0.15) is 4.98 Å². The fraction of sp³-hybridized carbons (Fsp3) is 0.415. The van der Waals surface area contributed by atoms with Crippen molar-refractivity contribution in [2.75, 3.05) is 43.6 Å². The number of amides is 5. The Hall–Kier alpha value is -6.03. The van der Waals surface area contributed by atoms with Crippen LogP contribution in [0.4, 0.5) is 17.5 Å². The molecule has 17 heteroatoms. The average Bonchev–Trinajstić information content (AvgIpc) is 3.49. The Morgan fingerprint density at radius 3 is 2.57 bits per heavy atom. The number of nitrogens with one attached hydrogen (secondary N) is 3. The van der Waals surface area contributed by atoms with Gasteiger partial charge in [0.1, 0.15) is 16.8 Å². The summed E-state index contributed by atoms with van der Waals surface area (Å²) in [4.78, 5) is 89.1. The molecule has 1 unspecified atom stereocenters. The minimum Gasteiger partial charge on any atom is -0.492 e. The second-order valence-corrected chi connectivity index (χ2v) is 15.5. The fourth-order valence-corrected chi connectivity index (χ4v) is 8.49. The zero-order valence-corrected chi connectivity index (χ0v) is 32.7. The third-order valence-electron chi connectivity index (χ3n) is 11.3. The van der Waals surface area contributed by atoms with E-state index in [-0.39, 0.29) is 72.1 Å². The molecule has 0 spiro atoms. The van der Waals surface area contributed by atoms with Gasteiger partial charge >= 0.3 is 0 Å². The number of halogens is 1. The summed E-state index contributed by atoms with van der Waals surface area (Å²) >= 11 is 6.63. The predicted molar refractivity (Wildman–Crippen MR) is 214 cm³/mol. The number of benzene rings is 2. The smallest absolute Gasteiger partial charge is 0.293 e. The molecule has 8 rings (SSSR count). The van der Waals surface area contributed by atoms with Crippen LogP contribution >= 0.6 is 11.6 Å². The Bertz CT molecular complexity index is 2380. The van der Waals surface area contributed by atoms with Gasteiger partial charge in [0.2, 0.25) is 17.8 Å². The second-order valence-electron chi connectivity index (χ2n) is 15.1. The first-order valence-electron chi connectivity index (χ1n) is 19.6. The molecular formula is C41H43ClN8O8. The lowest BCUT2D eigenvalue weighted by Crippen LogP contribution is -2.54. The molecule has 4 aliphatic rings. The highest BCUT2D eigenvalue weighted by atomic mass is 35.5. The molecule has 3 N–H and O–H groups in total. The van der Waals surface area contributed by atoms with E-state index in [1.165, 1.54) is 13.1 Å². The molecule has 1 aliphatic carbocycles. The zero-order chi connectivity index (χ0) is 40.5. The molecule has 302 valence electrons. The Morgan fingerprint density at radius 1 is 0.948 bits per heavy atom. The van der Waals surface area contributed by atoms with Crippen LogP contribution in [0.25, 0.3) is 10.9 Å². The van der Waals surface area contributed by atoms with E-state index in [4.69, 9.17) is 26.1 Å². The van der Waals surface area contributed by atoms with Crippen LogP contribution in [-0.2, 0) is 14.4 Å². The largest absolute Gasteiger partial charge is 0.492 e. The summed E-state index contributed by atoms with van der Waals surface area (Å²) in [5.41, 5.74) is 1.46. The first kappa shape index (κ1) is 38.8. The topological polar surface area (TPSA) is 194 Å². The number of piperidine rings is 2. The molecule has 5 amide bonds. The molecule has 2 aromatic heterocycles. The molecule has 4 aromatic rings. The van der Waals surface area contributed by atoms with Crippen molar-refractivity contribution in [2.24, 2.45) is 5.92 Å². The Morgan fingerprint density at radius 2 is 1.78 bits per heavy atom. The molecule has 58 heavy (non-hydrogen) atoms. The number of carbonyl (C=O) groups is 5. The molecule has 3 fully saturated rings. The van der Waals surface area contributed by atoms with Crippen LogP contribution in [0.1, 0.15) is 84.5 Å². The van der Waals surface area contributed by atoms with Gasteiger partial charge < -0.3 is 29.6 Å². The van der Waals surface area contributed by atoms with Crippen molar-refractivity contribution in [3.63, 3.8) is 0 Å². The highest BCUT2D eigenvalue weighted by Crippen LogP contribution is 2.36. The standard InChI is InChI=1S/C41H43ClN8O8/c1-43-34(52)22-58-32-18-24-17-25(12-13-29(24)49(39(32)55)26-8-3-2-4-9-26)45-36-28(42)19-44-41(47-36)48-16-6-7-23(20-48)21-57-31-11-5-10-27-35(31)40(56)50(38(27)54)30-14-15-33(51)46-37(30)53/h5,10-13,17-19,23,26,30H,2-4,6-9,14-16,20-22H2,1H3,(H,43,52)(H,44,45,47)(H,46,51,53)/t23-,30?/m0/s1. The van der Waals surface area contributed by atoms with Gasteiger partial charge in [0.15, 0.2) is 18.2 Å². The first-order valence-corrected chi connectivity index (χ1v) is 20.0. The molecule has 0 radical (unpaired) electrons. The van der Waals surface area contributed by atoms with E-state index >= 15 is 0 Å². The number of anilines is 3. The third-order valence-corrected chi connectivity index (χ3v) is 11.6. The molecule has 2 aromatic carbocycles. The van der Waals surface area contributed by atoms with E-state index in [9.17, 15) is 28.8 Å². The lowest BCUT2D eigenvalue weighted by atomic mass is 9.94. The first-order chi connectivity index (χ1) is 28.1. The van der Waals surface area contributed by atoms with Crippen LogP contribution in [0.3, 0.4) is 0 Å². The van der Waals surface area contributed by atoms with Crippen LogP contribution in [0.2, 0.25) is 5.02 Å². The summed E-state index contributed by atoms with van der Waals surface area (Å²) in [6, 6.07) is 11.1. The summed E-state index contributed by atoms with van der Waals surface area (Å²) in [5, 5.41) is 9.13.